The molecule has 1 heterocycles. The van der Waals surface area contributed by atoms with Crippen LogP contribution < -0.4 is 11.1 Å². The quantitative estimate of drug-likeness (QED) is 0.565. The van der Waals surface area contributed by atoms with Gasteiger partial charge in [-0.1, -0.05) is 13.8 Å². The maximum absolute atomic E-state index is 5.85. The maximum Gasteiger partial charge on any atom is 0.188 e. The molecule has 0 aromatic rings. The zero-order chi connectivity index (χ0) is 12.2. The molecular weight excluding hydrogens is 202 g/mol. The lowest BCUT2D eigenvalue weighted by atomic mass is 10.1. The van der Waals surface area contributed by atoms with Crippen LogP contribution in [0.1, 0.15) is 40.5 Å². The summed E-state index contributed by atoms with van der Waals surface area (Å²) in [6.07, 6.45) is 2.47. The summed E-state index contributed by atoms with van der Waals surface area (Å²) in [5.74, 6) is 1.07. The van der Waals surface area contributed by atoms with Crippen LogP contribution in [0.25, 0.3) is 0 Å². The van der Waals surface area contributed by atoms with E-state index in [-0.39, 0.29) is 11.7 Å². The predicted molar refractivity (Wildman–Crippen MR) is 67.5 cm³/mol. The van der Waals surface area contributed by atoms with Crippen molar-refractivity contribution in [3.05, 3.63) is 0 Å². The van der Waals surface area contributed by atoms with Gasteiger partial charge in [-0.2, -0.15) is 0 Å². The monoisotopic (exact) mass is 227 g/mol. The molecule has 1 atom stereocenters. The standard InChI is InChI=1S/C12H25N3O/c1-9(2)7-14-11(13)15-8-10-5-6-12(3,4)16-10/h9-10H,5-8H2,1-4H3,(H3,13,14,15). The zero-order valence-electron chi connectivity index (χ0n) is 10.9. The second-order valence-electron chi connectivity index (χ2n) is 5.54. The van der Waals surface area contributed by atoms with Gasteiger partial charge in [0.25, 0.3) is 0 Å². The van der Waals surface area contributed by atoms with Crippen molar-refractivity contribution in [1.29, 1.82) is 0 Å². The Labute approximate surface area is 98.6 Å². The Morgan fingerprint density at radius 3 is 2.75 bits per heavy atom. The number of guanidine groups is 1. The summed E-state index contributed by atoms with van der Waals surface area (Å²) in [7, 11) is 0. The molecule has 4 heteroatoms. The molecule has 94 valence electrons. The summed E-state index contributed by atoms with van der Waals surface area (Å²) in [6, 6.07) is 0. The molecule has 3 N–H and O–H groups in total. The maximum atomic E-state index is 5.85. The van der Waals surface area contributed by atoms with Gasteiger partial charge in [0.1, 0.15) is 0 Å². The number of ether oxygens (including phenoxy) is 1. The van der Waals surface area contributed by atoms with E-state index in [2.05, 4.69) is 38.0 Å². The van der Waals surface area contributed by atoms with Crippen LogP contribution in [-0.2, 0) is 4.74 Å². The van der Waals surface area contributed by atoms with Crippen LogP contribution in [0, 0.1) is 5.92 Å². The molecule has 4 nitrogen and oxygen atoms in total. The lowest BCUT2D eigenvalue weighted by Crippen LogP contribution is -2.38. The summed E-state index contributed by atoms with van der Waals surface area (Å²) < 4.78 is 5.85. The van der Waals surface area contributed by atoms with Crippen molar-refractivity contribution in [2.24, 2.45) is 16.6 Å². The highest BCUT2D eigenvalue weighted by Gasteiger charge is 2.31. The van der Waals surface area contributed by atoms with Gasteiger partial charge in [-0.25, -0.2) is 0 Å². The van der Waals surface area contributed by atoms with E-state index in [0.29, 0.717) is 11.9 Å². The second kappa shape index (κ2) is 5.53. The Balaban J connectivity index is 2.22. The topological polar surface area (TPSA) is 59.6 Å². The van der Waals surface area contributed by atoms with Gasteiger partial charge in [-0.15, -0.1) is 0 Å². The molecule has 0 aromatic carbocycles. The van der Waals surface area contributed by atoms with Crippen LogP contribution in [0.5, 0.6) is 0 Å². The van der Waals surface area contributed by atoms with Crippen molar-refractivity contribution in [2.75, 3.05) is 13.1 Å². The Hall–Kier alpha value is -0.770. The molecule has 0 aliphatic carbocycles. The van der Waals surface area contributed by atoms with Crippen LogP contribution in [0.4, 0.5) is 0 Å². The van der Waals surface area contributed by atoms with Crippen molar-refractivity contribution in [1.82, 2.24) is 5.32 Å². The fraction of sp³-hybridized carbons (Fsp3) is 0.917. The molecule has 0 aromatic heterocycles. The van der Waals surface area contributed by atoms with Crippen molar-refractivity contribution < 1.29 is 4.74 Å². The molecule has 0 bridgehead atoms. The van der Waals surface area contributed by atoms with Gasteiger partial charge in [0.2, 0.25) is 0 Å². The molecule has 0 radical (unpaired) electrons. The first-order valence-corrected chi connectivity index (χ1v) is 6.10. The Morgan fingerprint density at radius 1 is 1.56 bits per heavy atom. The normalized spacial score (nSPS) is 25.1. The van der Waals surface area contributed by atoms with E-state index in [1.165, 1.54) is 0 Å². The van der Waals surface area contributed by atoms with Crippen LogP contribution in [0.15, 0.2) is 4.99 Å². The van der Waals surface area contributed by atoms with Gasteiger partial charge < -0.3 is 15.8 Å². The summed E-state index contributed by atoms with van der Waals surface area (Å²) >= 11 is 0. The highest BCUT2D eigenvalue weighted by molar-refractivity contribution is 5.77. The SMILES string of the molecule is CC(C)CN=C(N)NCC1CCC(C)(C)O1. The molecule has 1 unspecified atom stereocenters. The van der Waals surface area contributed by atoms with E-state index in [4.69, 9.17) is 10.5 Å². The molecule has 16 heavy (non-hydrogen) atoms. The van der Waals surface area contributed by atoms with Crippen molar-refractivity contribution in [2.45, 2.75) is 52.2 Å². The van der Waals surface area contributed by atoms with Gasteiger partial charge in [0.05, 0.1) is 11.7 Å². The molecule has 1 fully saturated rings. The molecule has 1 saturated heterocycles. The molecule has 1 aliphatic rings. The van der Waals surface area contributed by atoms with E-state index in [9.17, 15) is 0 Å². The minimum absolute atomic E-state index is 0.0240. The number of rotatable bonds is 4. The molecule has 0 spiro atoms. The first-order chi connectivity index (χ1) is 7.39. The molecule has 1 rings (SSSR count). The van der Waals surface area contributed by atoms with Crippen LogP contribution in [0.2, 0.25) is 0 Å². The fourth-order valence-corrected chi connectivity index (χ4v) is 1.78. The minimum Gasteiger partial charge on any atom is -0.371 e. The Kier molecular flexibility index (Phi) is 4.59. The smallest absolute Gasteiger partial charge is 0.188 e. The molecular formula is C12H25N3O. The zero-order valence-corrected chi connectivity index (χ0v) is 10.9. The summed E-state index contributed by atoms with van der Waals surface area (Å²) in [5.41, 5.74) is 5.78. The highest BCUT2D eigenvalue weighted by Crippen LogP contribution is 2.28. The van der Waals surface area contributed by atoms with Crippen molar-refractivity contribution >= 4 is 5.96 Å². The third-order valence-electron chi connectivity index (χ3n) is 2.69. The van der Waals surface area contributed by atoms with Gasteiger partial charge in [-0.3, -0.25) is 4.99 Å². The summed E-state index contributed by atoms with van der Waals surface area (Å²) in [5, 5.41) is 3.12. The van der Waals surface area contributed by atoms with Crippen LogP contribution in [-0.4, -0.2) is 30.8 Å². The second-order valence-corrected chi connectivity index (χ2v) is 5.54. The average molecular weight is 227 g/mol. The van der Waals surface area contributed by atoms with Crippen molar-refractivity contribution in [3.8, 4) is 0 Å². The van der Waals surface area contributed by atoms with Gasteiger partial charge >= 0.3 is 0 Å². The van der Waals surface area contributed by atoms with Crippen LogP contribution in [0.3, 0.4) is 0 Å². The van der Waals surface area contributed by atoms with Crippen LogP contribution >= 0.6 is 0 Å². The number of hydrogen-bond donors (Lipinski definition) is 2. The van der Waals surface area contributed by atoms with Crippen molar-refractivity contribution in [3.63, 3.8) is 0 Å². The predicted octanol–water partition coefficient (Wildman–Crippen LogP) is 1.50. The van der Waals surface area contributed by atoms with E-state index in [0.717, 1.165) is 25.9 Å². The van der Waals surface area contributed by atoms with E-state index < -0.39 is 0 Å². The van der Waals surface area contributed by atoms with E-state index in [1.54, 1.807) is 0 Å². The first kappa shape index (κ1) is 13.3. The molecule has 1 aliphatic heterocycles. The van der Waals surface area contributed by atoms with E-state index >= 15 is 0 Å². The molecule has 0 amide bonds. The largest absolute Gasteiger partial charge is 0.371 e. The number of aliphatic imine (C=N–C) groups is 1. The number of nitrogens with zero attached hydrogens (tertiary/aromatic N) is 1. The Morgan fingerprint density at radius 2 is 2.25 bits per heavy atom. The lowest BCUT2D eigenvalue weighted by Gasteiger charge is -2.19. The fourth-order valence-electron chi connectivity index (χ4n) is 1.78. The number of hydrogen-bond acceptors (Lipinski definition) is 2. The third-order valence-corrected chi connectivity index (χ3v) is 2.69. The van der Waals surface area contributed by atoms with E-state index in [1.807, 2.05) is 0 Å². The summed E-state index contributed by atoms with van der Waals surface area (Å²) in [4.78, 5) is 4.25. The minimum atomic E-state index is 0.0240. The first-order valence-electron chi connectivity index (χ1n) is 6.10. The number of nitrogens with one attached hydrogen (secondary N) is 1. The summed E-state index contributed by atoms with van der Waals surface area (Å²) in [6.45, 7) is 10.0. The van der Waals surface area contributed by atoms with Gasteiger partial charge in [-0.05, 0) is 32.6 Å². The number of nitrogens with two attached hydrogens (primary N) is 1. The molecule has 0 saturated carbocycles. The third kappa shape index (κ3) is 4.84. The highest BCUT2D eigenvalue weighted by atomic mass is 16.5. The lowest BCUT2D eigenvalue weighted by molar-refractivity contribution is -0.0125. The Bertz CT molecular complexity index is 249. The average Bonchev–Trinajstić information content (AvgIpc) is 2.52. The van der Waals surface area contributed by atoms with Gasteiger partial charge in [0.15, 0.2) is 5.96 Å². The van der Waals surface area contributed by atoms with Gasteiger partial charge in [0, 0.05) is 13.1 Å².